The maximum Gasteiger partial charge on any atom is 0.323 e. The smallest absolute Gasteiger partial charge is 0.323 e. The highest BCUT2D eigenvalue weighted by Gasteiger charge is 2.22. The number of nitrogens with two attached hydrogens (primary N) is 1. The molecule has 1 aliphatic heterocycles. The largest absolute Gasteiger partial charge is 0.461 e. The highest BCUT2D eigenvalue weighted by atomic mass is 16.6. The quantitative estimate of drug-likeness (QED) is 0.223. The van der Waals surface area contributed by atoms with Crippen LogP contribution >= 0.6 is 0 Å². The standard InChI is InChI=1S/C22H34N8O5/c1-17(2)35-22-26-20(24-8-14-34-16-15-33-13-7-23)25-21(27-22)29-11-9-28(10-12-29)18-3-5-19(6-4-18)30(31)32/h3-6,17H,7-16,23H2,1-2H3,(H,24,25,26,27). The lowest BCUT2D eigenvalue weighted by molar-refractivity contribution is -0.384. The van der Waals surface area contributed by atoms with E-state index in [2.05, 4.69) is 30.1 Å². The Hall–Kier alpha value is -3.29. The third-order valence-electron chi connectivity index (χ3n) is 5.10. The van der Waals surface area contributed by atoms with E-state index in [0.717, 1.165) is 18.8 Å². The monoisotopic (exact) mass is 490 g/mol. The molecule has 13 heteroatoms. The second-order valence-electron chi connectivity index (χ2n) is 8.10. The van der Waals surface area contributed by atoms with Crippen LogP contribution in [0.2, 0.25) is 0 Å². The number of nitrogens with zero attached hydrogens (tertiary/aromatic N) is 6. The minimum atomic E-state index is -0.394. The summed E-state index contributed by atoms with van der Waals surface area (Å²) in [5, 5.41) is 14.1. The van der Waals surface area contributed by atoms with Gasteiger partial charge in [-0.3, -0.25) is 10.1 Å². The molecular weight excluding hydrogens is 456 g/mol. The lowest BCUT2D eigenvalue weighted by Crippen LogP contribution is -2.47. The van der Waals surface area contributed by atoms with Crippen molar-refractivity contribution in [3.63, 3.8) is 0 Å². The fraction of sp³-hybridized carbons (Fsp3) is 0.591. The summed E-state index contributed by atoms with van der Waals surface area (Å²) in [5.74, 6) is 0.962. The molecule has 0 amide bonds. The number of nitro benzene ring substituents is 1. The van der Waals surface area contributed by atoms with Gasteiger partial charge < -0.3 is 35.1 Å². The molecule has 0 saturated carbocycles. The van der Waals surface area contributed by atoms with Crippen molar-refractivity contribution >= 4 is 23.3 Å². The van der Waals surface area contributed by atoms with Gasteiger partial charge in [-0.1, -0.05) is 0 Å². The molecule has 35 heavy (non-hydrogen) atoms. The maximum absolute atomic E-state index is 10.9. The molecule has 1 fully saturated rings. The second kappa shape index (κ2) is 13.6. The lowest BCUT2D eigenvalue weighted by atomic mass is 10.2. The Morgan fingerprint density at radius 2 is 1.66 bits per heavy atom. The predicted octanol–water partition coefficient (Wildman–Crippen LogP) is 1.30. The summed E-state index contributed by atoms with van der Waals surface area (Å²) in [5.41, 5.74) is 6.41. The first kappa shape index (κ1) is 26.3. The minimum absolute atomic E-state index is 0.0751. The Morgan fingerprint density at radius 3 is 2.29 bits per heavy atom. The van der Waals surface area contributed by atoms with E-state index in [1.807, 2.05) is 13.8 Å². The Morgan fingerprint density at radius 1 is 1.00 bits per heavy atom. The van der Waals surface area contributed by atoms with Gasteiger partial charge in [-0.2, -0.15) is 15.0 Å². The number of anilines is 3. The molecule has 2 aromatic rings. The normalized spacial score (nSPS) is 13.8. The molecule has 3 N–H and O–H groups in total. The zero-order chi connectivity index (χ0) is 25.0. The topological polar surface area (TPSA) is 154 Å². The van der Waals surface area contributed by atoms with Crippen LogP contribution in [-0.2, 0) is 9.47 Å². The van der Waals surface area contributed by atoms with Crippen LogP contribution in [0.1, 0.15) is 13.8 Å². The number of benzene rings is 1. The number of hydrogen-bond donors (Lipinski definition) is 2. The van der Waals surface area contributed by atoms with Gasteiger partial charge in [-0.25, -0.2) is 0 Å². The molecule has 192 valence electrons. The van der Waals surface area contributed by atoms with E-state index < -0.39 is 4.92 Å². The average molecular weight is 491 g/mol. The number of piperazine rings is 1. The number of nitrogens with one attached hydrogen (secondary N) is 1. The van der Waals surface area contributed by atoms with E-state index in [4.69, 9.17) is 19.9 Å². The Bertz CT molecular complexity index is 923. The molecule has 1 saturated heterocycles. The predicted molar refractivity (Wildman–Crippen MR) is 132 cm³/mol. The first-order valence-electron chi connectivity index (χ1n) is 11.7. The van der Waals surface area contributed by atoms with Gasteiger partial charge in [0, 0.05) is 57.1 Å². The molecule has 13 nitrogen and oxygen atoms in total. The van der Waals surface area contributed by atoms with Gasteiger partial charge in [-0.05, 0) is 26.0 Å². The molecule has 2 heterocycles. The fourth-order valence-electron chi connectivity index (χ4n) is 3.42. The van der Waals surface area contributed by atoms with Crippen molar-refractivity contribution in [2.45, 2.75) is 20.0 Å². The average Bonchev–Trinajstić information content (AvgIpc) is 2.85. The zero-order valence-corrected chi connectivity index (χ0v) is 20.3. The third-order valence-corrected chi connectivity index (χ3v) is 5.10. The lowest BCUT2D eigenvalue weighted by Gasteiger charge is -2.36. The first-order valence-corrected chi connectivity index (χ1v) is 11.7. The molecule has 3 rings (SSSR count). The van der Waals surface area contributed by atoms with E-state index in [0.29, 0.717) is 64.5 Å². The van der Waals surface area contributed by atoms with E-state index in [9.17, 15) is 10.1 Å². The molecule has 0 radical (unpaired) electrons. The summed E-state index contributed by atoms with van der Waals surface area (Å²) >= 11 is 0. The number of aromatic nitrogens is 3. The van der Waals surface area contributed by atoms with Crippen LogP contribution in [0.5, 0.6) is 6.01 Å². The van der Waals surface area contributed by atoms with Gasteiger partial charge in [-0.15, -0.1) is 0 Å². The summed E-state index contributed by atoms with van der Waals surface area (Å²) in [6, 6.07) is 6.87. The van der Waals surface area contributed by atoms with Gasteiger partial charge in [0.15, 0.2) is 0 Å². The van der Waals surface area contributed by atoms with E-state index >= 15 is 0 Å². The highest BCUT2D eigenvalue weighted by molar-refractivity contribution is 5.52. The maximum atomic E-state index is 10.9. The van der Waals surface area contributed by atoms with Crippen molar-refractivity contribution in [3.05, 3.63) is 34.4 Å². The van der Waals surface area contributed by atoms with E-state index in [1.165, 1.54) is 12.1 Å². The molecule has 0 spiro atoms. The van der Waals surface area contributed by atoms with Crippen molar-refractivity contribution in [2.24, 2.45) is 5.73 Å². The van der Waals surface area contributed by atoms with Crippen LogP contribution in [0.3, 0.4) is 0 Å². The third kappa shape index (κ3) is 8.46. The van der Waals surface area contributed by atoms with Gasteiger partial charge >= 0.3 is 6.01 Å². The molecule has 0 unspecified atom stereocenters. The highest BCUT2D eigenvalue weighted by Crippen LogP contribution is 2.23. The molecule has 0 bridgehead atoms. The number of non-ortho nitro benzene ring substituents is 1. The van der Waals surface area contributed by atoms with Crippen LogP contribution in [-0.4, -0.2) is 91.7 Å². The Labute approximate surface area is 204 Å². The van der Waals surface area contributed by atoms with Crippen LogP contribution in [0.4, 0.5) is 23.3 Å². The number of rotatable bonds is 14. The minimum Gasteiger partial charge on any atom is -0.461 e. The SMILES string of the molecule is CC(C)Oc1nc(NCCOCCOCCN)nc(N2CCN(c3ccc([N+](=O)[O-])cc3)CC2)n1. The summed E-state index contributed by atoms with van der Waals surface area (Å²) in [6.07, 6.45) is -0.0751. The van der Waals surface area contributed by atoms with Crippen LogP contribution < -0.4 is 25.6 Å². The molecule has 0 atom stereocenters. The Kier molecular flexibility index (Phi) is 10.2. The van der Waals surface area contributed by atoms with Crippen LogP contribution in [0, 0.1) is 10.1 Å². The fourth-order valence-corrected chi connectivity index (χ4v) is 3.42. The number of hydrogen-bond acceptors (Lipinski definition) is 12. The number of ether oxygens (including phenoxy) is 3. The van der Waals surface area contributed by atoms with Crippen molar-refractivity contribution in [1.29, 1.82) is 0 Å². The van der Waals surface area contributed by atoms with Gasteiger partial charge in [0.25, 0.3) is 5.69 Å². The molecule has 1 aliphatic rings. The van der Waals surface area contributed by atoms with E-state index in [-0.39, 0.29) is 17.8 Å². The zero-order valence-electron chi connectivity index (χ0n) is 20.3. The van der Waals surface area contributed by atoms with Crippen molar-refractivity contribution in [2.75, 3.05) is 80.8 Å². The number of nitro groups is 1. The summed E-state index contributed by atoms with van der Waals surface area (Å²) in [4.78, 5) is 28.2. The molecular formula is C22H34N8O5. The van der Waals surface area contributed by atoms with Crippen molar-refractivity contribution < 1.29 is 19.1 Å². The van der Waals surface area contributed by atoms with Crippen LogP contribution in [0.25, 0.3) is 0 Å². The van der Waals surface area contributed by atoms with Gasteiger partial charge in [0.2, 0.25) is 11.9 Å². The summed E-state index contributed by atoms with van der Waals surface area (Å²) in [6.45, 7) is 9.68. The first-order chi connectivity index (χ1) is 17.0. The van der Waals surface area contributed by atoms with Gasteiger partial charge in [0.1, 0.15) is 0 Å². The van der Waals surface area contributed by atoms with E-state index in [1.54, 1.807) is 12.1 Å². The Balaban J connectivity index is 1.56. The van der Waals surface area contributed by atoms with Crippen molar-refractivity contribution in [1.82, 2.24) is 15.0 Å². The molecule has 1 aromatic heterocycles. The molecule has 0 aliphatic carbocycles. The molecule has 1 aromatic carbocycles. The summed E-state index contributed by atoms with van der Waals surface area (Å²) < 4.78 is 16.5. The van der Waals surface area contributed by atoms with Crippen LogP contribution in [0.15, 0.2) is 24.3 Å². The van der Waals surface area contributed by atoms with Crippen molar-refractivity contribution in [3.8, 4) is 6.01 Å². The summed E-state index contributed by atoms with van der Waals surface area (Å²) in [7, 11) is 0. The van der Waals surface area contributed by atoms with Gasteiger partial charge in [0.05, 0.1) is 37.5 Å². The second-order valence-corrected chi connectivity index (χ2v) is 8.10.